The number of hydrogen-bond acceptors (Lipinski definition) is 3. The summed E-state index contributed by atoms with van der Waals surface area (Å²) in [5, 5.41) is 0.0877. The average molecular weight is 294 g/mol. The average Bonchev–Trinajstić information content (AvgIpc) is 2.44. The Hall–Kier alpha value is -2.14. The Kier molecular flexibility index (Phi) is 4.20. The zero-order valence-corrected chi connectivity index (χ0v) is 11.6. The molecule has 1 amide bonds. The second-order valence-corrected chi connectivity index (χ2v) is 4.49. The summed E-state index contributed by atoms with van der Waals surface area (Å²) in [6.45, 7) is 2.23. The molecule has 0 bridgehead atoms. The lowest BCUT2D eigenvalue weighted by molar-refractivity contribution is 0.0988. The Morgan fingerprint density at radius 2 is 2.05 bits per heavy atom. The predicted molar refractivity (Wildman–Crippen MR) is 77.4 cm³/mol. The minimum atomic E-state index is -0.360. The van der Waals surface area contributed by atoms with Crippen molar-refractivity contribution < 1.29 is 9.18 Å². The third-order valence-electron chi connectivity index (χ3n) is 2.79. The lowest BCUT2D eigenvalue weighted by atomic mass is 10.2. The summed E-state index contributed by atoms with van der Waals surface area (Å²) in [7, 11) is 0. The van der Waals surface area contributed by atoms with Crippen LogP contribution < -0.4 is 10.6 Å². The van der Waals surface area contributed by atoms with E-state index >= 15 is 0 Å². The molecule has 0 aliphatic heterocycles. The molecule has 4 nitrogen and oxygen atoms in total. The number of anilines is 2. The molecule has 6 heteroatoms. The molecule has 2 aromatic rings. The summed E-state index contributed by atoms with van der Waals surface area (Å²) < 4.78 is 12.9. The summed E-state index contributed by atoms with van der Waals surface area (Å²) in [6.07, 6.45) is 1.38. The Balaban J connectivity index is 2.38. The fraction of sp³-hybridized carbons (Fsp3) is 0.143. The van der Waals surface area contributed by atoms with Crippen LogP contribution in [-0.4, -0.2) is 17.4 Å². The van der Waals surface area contributed by atoms with Crippen LogP contribution in [0.4, 0.5) is 15.8 Å². The number of halogens is 2. The van der Waals surface area contributed by atoms with Crippen LogP contribution in [0.3, 0.4) is 0 Å². The van der Waals surface area contributed by atoms with E-state index in [1.165, 1.54) is 41.4 Å². The van der Waals surface area contributed by atoms with Crippen molar-refractivity contribution in [2.75, 3.05) is 17.2 Å². The fourth-order valence-electron chi connectivity index (χ4n) is 1.82. The number of nitrogens with zero attached hydrogens (tertiary/aromatic N) is 2. The highest BCUT2D eigenvalue weighted by atomic mass is 35.5. The van der Waals surface area contributed by atoms with Crippen molar-refractivity contribution in [2.24, 2.45) is 0 Å². The van der Waals surface area contributed by atoms with Gasteiger partial charge in [0, 0.05) is 12.2 Å². The van der Waals surface area contributed by atoms with Crippen LogP contribution in [0.1, 0.15) is 17.3 Å². The number of carbonyl (C=O) groups excluding carboxylic acids is 1. The van der Waals surface area contributed by atoms with Crippen LogP contribution in [0.25, 0.3) is 0 Å². The molecular weight excluding hydrogens is 281 g/mol. The number of pyridine rings is 1. The molecule has 1 aromatic carbocycles. The topological polar surface area (TPSA) is 59.2 Å². The minimum Gasteiger partial charge on any atom is -0.397 e. The smallest absolute Gasteiger partial charge is 0.261 e. The van der Waals surface area contributed by atoms with Crippen molar-refractivity contribution in [3.8, 4) is 0 Å². The van der Waals surface area contributed by atoms with Gasteiger partial charge in [-0.2, -0.15) is 0 Å². The molecule has 0 aliphatic carbocycles. The van der Waals surface area contributed by atoms with Crippen molar-refractivity contribution in [3.05, 3.63) is 53.1 Å². The first kappa shape index (κ1) is 14.3. The predicted octanol–water partition coefficient (Wildman–Crippen LogP) is 3.12. The largest absolute Gasteiger partial charge is 0.397 e. The standard InChI is InChI=1S/C14H13ClFN3O/c1-2-19(11-5-3-9(16)4-6-11)14(20)12-7-10(17)8-18-13(12)15/h3-8H,2,17H2,1H3. The zero-order valence-electron chi connectivity index (χ0n) is 10.8. The van der Waals surface area contributed by atoms with Gasteiger partial charge in [0.2, 0.25) is 0 Å². The lowest BCUT2D eigenvalue weighted by Gasteiger charge is -2.21. The second-order valence-electron chi connectivity index (χ2n) is 4.13. The molecule has 104 valence electrons. The maximum absolute atomic E-state index is 12.9. The van der Waals surface area contributed by atoms with E-state index in [0.717, 1.165) is 0 Å². The normalized spacial score (nSPS) is 10.3. The molecule has 0 unspecified atom stereocenters. The third-order valence-corrected chi connectivity index (χ3v) is 3.09. The molecule has 2 N–H and O–H groups in total. The Bertz CT molecular complexity index is 631. The summed E-state index contributed by atoms with van der Waals surface area (Å²) >= 11 is 5.93. The number of carbonyl (C=O) groups is 1. The summed E-state index contributed by atoms with van der Waals surface area (Å²) in [6, 6.07) is 7.13. The van der Waals surface area contributed by atoms with Gasteiger partial charge in [0.1, 0.15) is 11.0 Å². The maximum Gasteiger partial charge on any atom is 0.261 e. The van der Waals surface area contributed by atoms with Gasteiger partial charge in [0.15, 0.2) is 0 Å². The van der Waals surface area contributed by atoms with Crippen LogP contribution in [0.15, 0.2) is 36.5 Å². The highest BCUT2D eigenvalue weighted by molar-refractivity contribution is 6.33. The minimum absolute atomic E-state index is 0.0877. The van der Waals surface area contributed by atoms with E-state index < -0.39 is 0 Å². The van der Waals surface area contributed by atoms with Gasteiger partial charge in [-0.15, -0.1) is 0 Å². The maximum atomic E-state index is 12.9. The van der Waals surface area contributed by atoms with Crippen LogP contribution in [0, 0.1) is 5.82 Å². The molecule has 0 atom stereocenters. The van der Waals surface area contributed by atoms with E-state index in [-0.39, 0.29) is 22.4 Å². The molecule has 20 heavy (non-hydrogen) atoms. The van der Waals surface area contributed by atoms with Crippen LogP contribution in [-0.2, 0) is 0 Å². The number of aromatic nitrogens is 1. The highest BCUT2D eigenvalue weighted by Crippen LogP contribution is 2.22. The first-order valence-corrected chi connectivity index (χ1v) is 6.39. The number of benzene rings is 1. The van der Waals surface area contributed by atoms with Gasteiger partial charge in [-0.1, -0.05) is 11.6 Å². The Labute approximate surface area is 121 Å². The van der Waals surface area contributed by atoms with Gasteiger partial charge in [0.05, 0.1) is 17.4 Å². The SMILES string of the molecule is CCN(C(=O)c1cc(N)cnc1Cl)c1ccc(F)cc1. The Morgan fingerprint density at radius 3 is 2.65 bits per heavy atom. The van der Waals surface area contributed by atoms with Crippen LogP contribution in [0.5, 0.6) is 0 Å². The first-order valence-electron chi connectivity index (χ1n) is 6.01. The molecule has 0 spiro atoms. The molecule has 0 saturated heterocycles. The molecule has 1 heterocycles. The number of amides is 1. The van der Waals surface area contributed by atoms with Gasteiger partial charge in [-0.3, -0.25) is 4.79 Å². The molecule has 0 saturated carbocycles. The van der Waals surface area contributed by atoms with Crippen molar-refractivity contribution in [1.29, 1.82) is 0 Å². The van der Waals surface area contributed by atoms with E-state index in [1.807, 2.05) is 6.92 Å². The summed E-state index contributed by atoms with van der Waals surface area (Å²) in [5.41, 5.74) is 6.78. The summed E-state index contributed by atoms with van der Waals surface area (Å²) in [4.78, 5) is 17.8. The summed E-state index contributed by atoms with van der Waals surface area (Å²) in [5.74, 6) is -0.690. The van der Waals surface area contributed by atoms with Crippen molar-refractivity contribution in [3.63, 3.8) is 0 Å². The van der Waals surface area contributed by atoms with E-state index in [4.69, 9.17) is 17.3 Å². The van der Waals surface area contributed by atoms with Gasteiger partial charge in [0.25, 0.3) is 5.91 Å². The molecule has 0 radical (unpaired) electrons. The number of nitrogens with two attached hydrogens (primary N) is 1. The quantitative estimate of drug-likeness (QED) is 0.885. The van der Waals surface area contributed by atoms with Gasteiger partial charge in [-0.05, 0) is 37.3 Å². The van der Waals surface area contributed by atoms with Crippen LogP contribution in [0.2, 0.25) is 5.15 Å². The number of nitrogen functional groups attached to an aromatic ring is 1. The van der Waals surface area contributed by atoms with E-state index in [9.17, 15) is 9.18 Å². The highest BCUT2D eigenvalue weighted by Gasteiger charge is 2.19. The number of hydrogen-bond donors (Lipinski definition) is 1. The van der Waals surface area contributed by atoms with Crippen molar-refractivity contribution in [1.82, 2.24) is 4.98 Å². The molecule has 2 rings (SSSR count). The molecular formula is C14H13ClFN3O. The van der Waals surface area contributed by atoms with E-state index in [0.29, 0.717) is 17.9 Å². The van der Waals surface area contributed by atoms with Crippen molar-refractivity contribution >= 4 is 28.9 Å². The van der Waals surface area contributed by atoms with Gasteiger partial charge < -0.3 is 10.6 Å². The monoisotopic (exact) mass is 293 g/mol. The number of rotatable bonds is 3. The molecule has 0 fully saturated rings. The lowest BCUT2D eigenvalue weighted by Crippen LogP contribution is -2.31. The fourth-order valence-corrected chi connectivity index (χ4v) is 2.01. The van der Waals surface area contributed by atoms with Crippen molar-refractivity contribution in [2.45, 2.75) is 6.92 Å². The van der Waals surface area contributed by atoms with E-state index in [1.54, 1.807) is 0 Å². The first-order chi connectivity index (χ1) is 9.52. The van der Waals surface area contributed by atoms with Gasteiger partial charge in [-0.25, -0.2) is 9.37 Å². The van der Waals surface area contributed by atoms with Gasteiger partial charge >= 0.3 is 0 Å². The Morgan fingerprint density at radius 1 is 1.40 bits per heavy atom. The molecule has 0 aliphatic rings. The second kappa shape index (κ2) is 5.88. The third kappa shape index (κ3) is 2.88. The zero-order chi connectivity index (χ0) is 14.7. The molecule has 1 aromatic heterocycles. The van der Waals surface area contributed by atoms with E-state index in [2.05, 4.69) is 4.98 Å². The van der Waals surface area contributed by atoms with Crippen LogP contribution >= 0.6 is 11.6 Å².